The molecule has 2 saturated heterocycles. The number of rotatable bonds is 36. The molecule has 4 heterocycles. The number of hydrogen-bond donors (Lipinski definition) is 1. The van der Waals surface area contributed by atoms with Crippen molar-refractivity contribution in [2.75, 3.05) is 97.4 Å². The summed E-state index contributed by atoms with van der Waals surface area (Å²) in [6.45, 7) is 9.66. The van der Waals surface area contributed by atoms with Crippen LogP contribution in [0.2, 0.25) is 0 Å². The van der Waals surface area contributed by atoms with Gasteiger partial charge in [-0.1, -0.05) is 5.11 Å². The first kappa shape index (κ1) is 83.2. The smallest absolute Gasteiger partial charge is 0.497 e. The number of ether oxygens (including phenoxy) is 15. The SMILES string of the molecule is COc1ccc2c(OS(=O)(=O)Oc3cc(C(=O)N(C)CCOCCOCCOCCN=[N+]=[N-])ccc3O[C@@H]3O[C@H](COC(C)=O)[C@H](CC(C)=O)[C@H](OC(C)=O)C3OC(C)=O)cc3c(c2c1)[C@H](CCl)CN3C(=O)c1cc2cc(C(C)=O)c(OC3O[C@H](COC(C)=O)[C@H](OC(C)=O)[C@H](OC(C)=O)[C@H]3OC(C)=O)cc2[nH]1. The van der Waals surface area contributed by atoms with E-state index in [-0.39, 0.29) is 122 Å². The summed E-state index contributed by atoms with van der Waals surface area (Å²) in [5.74, 6) is -12.2. The van der Waals surface area contributed by atoms with E-state index in [2.05, 4.69) is 15.0 Å². The molecule has 38 heteroatoms. The summed E-state index contributed by atoms with van der Waals surface area (Å²) in [6.07, 6.45) is -14.9. The zero-order valence-electron chi connectivity index (χ0n) is 60.6. The van der Waals surface area contributed by atoms with Gasteiger partial charge in [0, 0.05) is 138 Å². The van der Waals surface area contributed by atoms with Crippen molar-refractivity contribution in [3.05, 3.63) is 93.5 Å². The Morgan fingerprint density at radius 3 is 1.78 bits per heavy atom. The maximum absolute atomic E-state index is 15.3. The van der Waals surface area contributed by atoms with Crippen molar-refractivity contribution in [2.45, 2.75) is 130 Å². The lowest BCUT2D eigenvalue weighted by atomic mass is 9.85. The molecule has 2 amide bonds. The number of anilines is 1. The molecule has 5 aromatic rings. The molecule has 1 N–H and O–H groups in total. The molecule has 2 fully saturated rings. The second-order valence-corrected chi connectivity index (χ2v) is 26.2. The molecule has 3 aliphatic heterocycles. The van der Waals surface area contributed by atoms with Gasteiger partial charge >= 0.3 is 52.2 Å². The summed E-state index contributed by atoms with van der Waals surface area (Å²) in [7, 11) is -2.71. The lowest BCUT2D eigenvalue weighted by Gasteiger charge is -2.44. The molecular weight excluding hydrogens is 1470 g/mol. The molecule has 8 rings (SSSR count). The molecule has 4 aromatic carbocycles. The fraction of sp³-hybridized carbons (Fsp3) is 0.500. The van der Waals surface area contributed by atoms with Crippen LogP contribution in [0.3, 0.4) is 0 Å². The summed E-state index contributed by atoms with van der Waals surface area (Å²) < 4.78 is 127. The molecular formula is C70H81ClN6O30S. The third kappa shape index (κ3) is 21.9. The number of Topliss-reactive ketones (excluding diaryl/α,β-unsaturated/α-hetero) is 2. The molecule has 1 aromatic heterocycles. The summed E-state index contributed by atoms with van der Waals surface area (Å²) in [5.41, 5.74) is 8.69. The number of alkyl halides is 1. The molecule has 584 valence electrons. The fourth-order valence-electron chi connectivity index (χ4n) is 12.2. The van der Waals surface area contributed by atoms with Crippen LogP contribution in [0.5, 0.6) is 28.7 Å². The monoisotopic (exact) mass is 1550 g/mol. The summed E-state index contributed by atoms with van der Waals surface area (Å²) in [4.78, 5) is 152. The molecule has 0 spiro atoms. The number of nitrogens with one attached hydrogen (secondary N) is 1. The van der Waals surface area contributed by atoms with Gasteiger partial charge in [0.05, 0.1) is 58.0 Å². The Hall–Kier alpha value is -10.4. The van der Waals surface area contributed by atoms with Crippen LogP contribution in [0.25, 0.3) is 32.1 Å². The van der Waals surface area contributed by atoms with Crippen molar-refractivity contribution < 1.29 is 141 Å². The predicted molar refractivity (Wildman–Crippen MR) is 372 cm³/mol. The van der Waals surface area contributed by atoms with Crippen molar-refractivity contribution in [3.8, 4) is 28.7 Å². The highest BCUT2D eigenvalue weighted by atomic mass is 35.5. The normalized spacial score (nSPS) is 20.9. The number of benzene rings is 4. The van der Waals surface area contributed by atoms with Gasteiger partial charge in [-0.25, -0.2) is 0 Å². The van der Waals surface area contributed by atoms with E-state index in [4.69, 9.17) is 96.6 Å². The molecule has 0 aliphatic carbocycles. The standard InChI is InChI=1S/C70H81ClN6O30S/c1-35(78)24-51-59(33-95-37(3)80)104-69(65(100-42(8)85)62(51)97-39(5)82)102-55-15-12-44(67(87)76(10)17-19-93-21-23-94-22-20-92-18-16-73-75-72)27-58(55)107-108(89,90)106-57-30-54-61(50-28-47(91-11)13-14-48(50)57)46(31-71)32-77(54)68(88)53-26-45-25-49(36(2)79)56(29-52(45)74-53)103-70-66(101-43(9)86)64(99-41(7)84)63(98-40(6)83)60(105-70)34-96-38(4)81/h12-15,25-30,46,51,59-60,62-66,69-70,74H,16-24,31-34H2,1-11H3/t46-,51+,59-,60-,62+,63+,64+,65?,66-,69-,70?/m1/s1. The number of hydrogen-bond acceptors (Lipinski definition) is 31. The summed E-state index contributed by atoms with van der Waals surface area (Å²) in [5, 5.41) is 4.08. The van der Waals surface area contributed by atoms with E-state index >= 15 is 4.79 Å². The van der Waals surface area contributed by atoms with Crippen LogP contribution in [-0.2, 0) is 106 Å². The fourth-order valence-corrected chi connectivity index (χ4v) is 13.2. The van der Waals surface area contributed by atoms with Crippen LogP contribution in [0.15, 0.2) is 65.8 Å². The van der Waals surface area contributed by atoms with E-state index in [0.717, 1.165) is 60.6 Å². The highest BCUT2D eigenvalue weighted by Crippen LogP contribution is 2.48. The van der Waals surface area contributed by atoms with Gasteiger partial charge in [-0.2, -0.15) is 0 Å². The Kier molecular flexibility index (Phi) is 29.2. The van der Waals surface area contributed by atoms with E-state index in [1.54, 1.807) is 6.07 Å². The second-order valence-electron chi connectivity index (χ2n) is 24.8. The number of aromatic amines is 1. The number of ketones is 2. The number of nitrogens with zero attached hydrogens (tertiary/aromatic N) is 5. The quantitative estimate of drug-likeness (QED) is 0.00677. The van der Waals surface area contributed by atoms with Gasteiger partial charge in [0.25, 0.3) is 11.8 Å². The molecule has 11 atom stereocenters. The zero-order chi connectivity index (χ0) is 78.8. The second kappa shape index (κ2) is 37.9. The maximum atomic E-state index is 15.3. The van der Waals surface area contributed by atoms with Crippen molar-refractivity contribution in [2.24, 2.45) is 11.0 Å². The average molecular weight is 1550 g/mol. The number of carbonyl (C=O) groups excluding carboxylic acids is 11. The number of carbonyl (C=O) groups is 11. The van der Waals surface area contributed by atoms with Gasteiger partial charge in [-0.05, 0) is 78.9 Å². The minimum absolute atomic E-state index is 0.00283. The van der Waals surface area contributed by atoms with Crippen LogP contribution < -0.4 is 27.5 Å². The molecule has 0 radical (unpaired) electrons. The highest BCUT2D eigenvalue weighted by Gasteiger charge is 2.55. The maximum Gasteiger partial charge on any atom is 0.501 e. The van der Waals surface area contributed by atoms with Gasteiger partial charge in [0.1, 0.15) is 48.4 Å². The van der Waals surface area contributed by atoms with E-state index in [9.17, 15) is 56.4 Å². The van der Waals surface area contributed by atoms with Crippen molar-refractivity contribution in [1.82, 2.24) is 9.88 Å². The van der Waals surface area contributed by atoms with Crippen molar-refractivity contribution in [1.29, 1.82) is 0 Å². The Bertz CT molecular complexity index is 4370. The van der Waals surface area contributed by atoms with E-state index in [1.807, 2.05) is 0 Å². The van der Waals surface area contributed by atoms with Crippen LogP contribution in [-0.4, -0.2) is 231 Å². The first-order valence-electron chi connectivity index (χ1n) is 33.5. The van der Waals surface area contributed by atoms with Gasteiger partial charge in [-0.3, -0.25) is 47.9 Å². The Balaban J connectivity index is 1.16. The number of azide groups is 1. The number of H-pyrrole nitrogens is 1. The Labute approximate surface area is 623 Å². The van der Waals surface area contributed by atoms with Crippen molar-refractivity contribution >= 4 is 115 Å². The molecule has 108 heavy (non-hydrogen) atoms. The molecule has 36 nitrogen and oxygen atoms in total. The largest absolute Gasteiger partial charge is 0.501 e. The van der Waals surface area contributed by atoms with E-state index in [1.165, 1.54) is 80.3 Å². The van der Waals surface area contributed by atoms with E-state index < -0.39 is 173 Å². The van der Waals surface area contributed by atoms with Gasteiger partial charge in [0.2, 0.25) is 24.8 Å². The van der Waals surface area contributed by atoms with Crippen molar-refractivity contribution in [3.63, 3.8) is 0 Å². The Morgan fingerprint density at radius 1 is 0.620 bits per heavy atom. The molecule has 3 aliphatic rings. The molecule has 0 saturated carbocycles. The van der Waals surface area contributed by atoms with Gasteiger partial charge < -0.3 is 99.0 Å². The third-order valence-corrected chi connectivity index (χ3v) is 17.8. The number of halogens is 1. The zero-order valence-corrected chi connectivity index (χ0v) is 62.2. The Morgan fingerprint density at radius 2 is 1.19 bits per heavy atom. The predicted octanol–water partition coefficient (Wildman–Crippen LogP) is 6.24. The number of likely N-dealkylation sites (N-methyl/N-ethyl adjacent to an activating group) is 1. The number of esters is 7. The number of aromatic nitrogens is 1. The first-order chi connectivity index (χ1) is 51.3. The molecule has 0 bridgehead atoms. The minimum atomic E-state index is -5.52. The van der Waals surface area contributed by atoms with Crippen LogP contribution >= 0.6 is 11.6 Å². The number of amides is 2. The average Bonchev–Trinajstić information content (AvgIpc) is 1.55. The van der Waals surface area contributed by atoms with E-state index in [0.29, 0.717) is 10.9 Å². The number of methoxy groups -OCH3 is 1. The topological polar surface area (TPSA) is 450 Å². The molecule has 2 unspecified atom stereocenters. The van der Waals surface area contributed by atoms with Gasteiger partial charge in [-0.15, -0.1) is 20.0 Å². The number of fused-ring (bicyclic) bond motifs is 4. The first-order valence-corrected chi connectivity index (χ1v) is 35.4. The van der Waals surface area contributed by atoms with Gasteiger partial charge in [0.15, 0.2) is 41.3 Å². The van der Waals surface area contributed by atoms with Crippen LogP contribution in [0, 0.1) is 5.92 Å². The lowest BCUT2D eigenvalue weighted by Crippen LogP contribution is -2.63. The minimum Gasteiger partial charge on any atom is -0.497 e. The van der Waals surface area contributed by atoms with Crippen LogP contribution in [0.4, 0.5) is 5.69 Å². The third-order valence-electron chi connectivity index (χ3n) is 16.6. The summed E-state index contributed by atoms with van der Waals surface area (Å²) in [6, 6.07) is 13.3. The summed E-state index contributed by atoms with van der Waals surface area (Å²) >= 11 is 6.72. The lowest BCUT2D eigenvalue weighted by molar-refractivity contribution is -0.288. The highest BCUT2D eigenvalue weighted by molar-refractivity contribution is 7.82. The van der Waals surface area contributed by atoms with Crippen LogP contribution in [0.1, 0.15) is 111 Å².